The molecule has 13 nitrogen and oxygen atoms in total. The number of methoxy groups -OCH3 is 2. The molecule has 0 spiro atoms. The van der Waals surface area contributed by atoms with Crippen molar-refractivity contribution in [1.82, 2.24) is 10.6 Å². The van der Waals surface area contributed by atoms with Crippen LogP contribution in [0.3, 0.4) is 0 Å². The summed E-state index contributed by atoms with van der Waals surface area (Å²) in [5, 5.41) is 20.0. The molecule has 0 bridgehead atoms. The molecule has 1 aromatic carbocycles. The minimum absolute atomic E-state index is 0.0948. The van der Waals surface area contributed by atoms with Crippen molar-refractivity contribution in [2.45, 2.75) is 51.0 Å². The van der Waals surface area contributed by atoms with Crippen molar-refractivity contribution in [1.29, 1.82) is 0 Å². The van der Waals surface area contributed by atoms with Gasteiger partial charge in [0.2, 0.25) is 5.91 Å². The third-order valence-electron chi connectivity index (χ3n) is 4.68. The highest BCUT2D eigenvalue weighted by Crippen LogP contribution is 2.35. The SMILES string of the molecule is COC(=O)C(CSCc1cc(OC)c(NCCCC(=O)NCCN)cc1[N+](=O)[O-])NC(=O)OC(C)(C)C. The molecule has 208 valence electrons. The quantitative estimate of drug-likeness (QED) is 0.110. The van der Waals surface area contributed by atoms with Gasteiger partial charge in [0.1, 0.15) is 17.4 Å². The molecule has 0 fully saturated rings. The van der Waals surface area contributed by atoms with Crippen LogP contribution in [-0.2, 0) is 24.8 Å². The Balaban J connectivity index is 2.86. The maximum absolute atomic E-state index is 12.1. The summed E-state index contributed by atoms with van der Waals surface area (Å²) in [5.41, 5.74) is 5.27. The lowest BCUT2D eigenvalue weighted by Gasteiger charge is -2.22. The van der Waals surface area contributed by atoms with E-state index in [4.69, 9.17) is 19.9 Å². The minimum atomic E-state index is -1.01. The third-order valence-corrected chi connectivity index (χ3v) is 5.76. The molecule has 5 N–H and O–H groups in total. The average molecular weight is 544 g/mol. The standard InChI is InChI=1S/C23H37N5O8S/c1-23(2,3)36-22(31)27-17(21(30)35-5)14-37-13-15-11-19(34-4)16(12-18(15)28(32)33)25-9-6-7-20(29)26-10-8-24/h11-12,17,25H,6-10,13-14,24H2,1-5H3,(H,26,29)(H,27,31). The number of hydrogen-bond donors (Lipinski definition) is 4. The van der Waals surface area contributed by atoms with Gasteiger partial charge in [0.25, 0.3) is 5.69 Å². The summed E-state index contributed by atoms with van der Waals surface area (Å²) in [6, 6.07) is 1.92. The number of hydrogen-bond acceptors (Lipinski definition) is 11. The van der Waals surface area contributed by atoms with Crippen molar-refractivity contribution in [3.63, 3.8) is 0 Å². The molecule has 0 radical (unpaired) electrons. The van der Waals surface area contributed by atoms with Crippen molar-refractivity contribution in [3.05, 3.63) is 27.8 Å². The largest absolute Gasteiger partial charge is 0.495 e. The second-order valence-corrected chi connectivity index (χ2v) is 9.87. The first-order valence-corrected chi connectivity index (χ1v) is 12.8. The van der Waals surface area contributed by atoms with Crippen molar-refractivity contribution >= 4 is 41.1 Å². The molecule has 0 saturated heterocycles. The number of nitro groups is 1. The Labute approximate surface area is 220 Å². The zero-order valence-corrected chi connectivity index (χ0v) is 22.7. The number of carbonyl (C=O) groups is 3. The molecule has 1 aromatic rings. The highest BCUT2D eigenvalue weighted by Gasteiger charge is 2.26. The molecule has 0 aromatic heterocycles. The normalized spacial score (nSPS) is 11.7. The molecule has 14 heteroatoms. The molecule has 0 aliphatic heterocycles. The van der Waals surface area contributed by atoms with Gasteiger partial charge in [-0.2, -0.15) is 11.8 Å². The summed E-state index contributed by atoms with van der Waals surface area (Å²) in [7, 11) is 2.65. The van der Waals surface area contributed by atoms with Gasteiger partial charge in [0.15, 0.2) is 0 Å². The molecule has 1 atom stereocenters. The van der Waals surface area contributed by atoms with Crippen LogP contribution in [0, 0.1) is 10.1 Å². The van der Waals surface area contributed by atoms with Gasteiger partial charge in [-0.15, -0.1) is 0 Å². The van der Waals surface area contributed by atoms with Gasteiger partial charge >= 0.3 is 12.1 Å². The predicted molar refractivity (Wildman–Crippen MR) is 141 cm³/mol. The fourth-order valence-corrected chi connectivity index (χ4v) is 4.05. The number of nitrogens with one attached hydrogen (secondary N) is 3. The van der Waals surface area contributed by atoms with E-state index < -0.39 is 28.6 Å². The molecule has 1 unspecified atom stereocenters. The number of esters is 1. The van der Waals surface area contributed by atoms with Crippen molar-refractivity contribution in [2.75, 3.05) is 44.9 Å². The molecule has 0 saturated carbocycles. The number of nitro benzene ring substituents is 1. The highest BCUT2D eigenvalue weighted by atomic mass is 32.2. The van der Waals surface area contributed by atoms with Gasteiger partial charge in [-0.25, -0.2) is 9.59 Å². The zero-order valence-electron chi connectivity index (χ0n) is 21.9. The number of rotatable bonds is 15. The number of thioether (sulfide) groups is 1. The van der Waals surface area contributed by atoms with Crippen molar-refractivity contribution in [3.8, 4) is 5.75 Å². The van der Waals surface area contributed by atoms with E-state index in [-0.39, 0.29) is 29.5 Å². The molecular formula is C23H37N5O8S. The van der Waals surface area contributed by atoms with E-state index >= 15 is 0 Å². The number of carbonyl (C=O) groups excluding carboxylic acids is 3. The molecule has 37 heavy (non-hydrogen) atoms. The molecule has 0 aliphatic carbocycles. The predicted octanol–water partition coefficient (Wildman–Crippen LogP) is 2.17. The number of anilines is 1. The fourth-order valence-electron chi connectivity index (χ4n) is 3.02. The molecular weight excluding hydrogens is 506 g/mol. The first-order valence-electron chi connectivity index (χ1n) is 11.6. The van der Waals surface area contributed by atoms with Gasteiger partial charge in [-0.3, -0.25) is 14.9 Å². The van der Waals surface area contributed by atoms with Gasteiger partial charge < -0.3 is 35.9 Å². The van der Waals surface area contributed by atoms with Crippen LogP contribution in [0.4, 0.5) is 16.2 Å². The minimum Gasteiger partial charge on any atom is -0.495 e. The van der Waals surface area contributed by atoms with Gasteiger partial charge in [0, 0.05) is 49.2 Å². The van der Waals surface area contributed by atoms with E-state index in [0.29, 0.717) is 43.1 Å². The lowest BCUT2D eigenvalue weighted by atomic mass is 10.1. The van der Waals surface area contributed by atoms with Gasteiger partial charge in [-0.05, 0) is 33.3 Å². The van der Waals surface area contributed by atoms with Crippen molar-refractivity contribution in [2.24, 2.45) is 5.73 Å². The number of amides is 2. The van der Waals surface area contributed by atoms with E-state index in [9.17, 15) is 24.5 Å². The summed E-state index contributed by atoms with van der Waals surface area (Å²) < 4.78 is 15.3. The second kappa shape index (κ2) is 15.8. The number of alkyl carbamates (subject to hydrolysis) is 1. The van der Waals surface area contributed by atoms with Crippen LogP contribution in [0.15, 0.2) is 12.1 Å². The summed E-state index contributed by atoms with van der Waals surface area (Å²) in [6.45, 7) is 6.25. The van der Waals surface area contributed by atoms with Crippen LogP contribution in [0.25, 0.3) is 0 Å². The summed E-state index contributed by atoms with van der Waals surface area (Å²) in [4.78, 5) is 47.1. The van der Waals surface area contributed by atoms with Crippen LogP contribution in [-0.4, -0.2) is 74.1 Å². The van der Waals surface area contributed by atoms with Crippen molar-refractivity contribution < 1.29 is 33.5 Å². The van der Waals surface area contributed by atoms with Crippen LogP contribution in [0.1, 0.15) is 39.2 Å². The van der Waals surface area contributed by atoms with E-state index in [1.54, 1.807) is 26.8 Å². The van der Waals surface area contributed by atoms with Crippen LogP contribution in [0.5, 0.6) is 5.75 Å². The Morgan fingerprint density at radius 1 is 1.19 bits per heavy atom. The molecule has 0 heterocycles. The monoisotopic (exact) mass is 543 g/mol. The zero-order chi connectivity index (χ0) is 28.0. The highest BCUT2D eigenvalue weighted by molar-refractivity contribution is 7.98. The first kappa shape index (κ1) is 31.8. The van der Waals surface area contributed by atoms with E-state index in [2.05, 4.69) is 16.0 Å². The van der Waals surface area contributed by atoms with Crippen LogP contribution in [0.2, 0.25) is 0 Å². The molecule has 0 aliphatic rings. The maximum atomic E-state index is 12.1. The Morgan fingerprint density at radius 2 is 1.89 bits per heavy atom. The maximum Gasteiger partial charge on any atom is 0.408 e. The smallest absolute Gasteiger partial charge is 0.408 e. The topological polar surface area (TPSA) is 184 Å². The number of ether oxygens (including phenoxy) is 3. The first-order chi connectivity index (χ1) is 17.4. The van der Waals surface area contributed by atoms with E-state index in [1.807, 2.05) is 0 Å². The van der Waals surface area contributed by atoms with E-state index in [0.717, 1.165) is 0 Å². The van der Waals surface area contributed by atoms with Crippen LogP contribution >= 0.6 is 11.8 Å². The number of nitrogens with zero attached hydrogens (tertiary/aromatic N) is 1. The molecule has 2 amide bonds. The van der Waals surface area contributed by atoms with Crippen LogP contribution < -0.4 is 26.4 Å². The van der Waals surface area contributed by atoms with E-state index in [1.165, 1.54) is 32.0 Å². The number of nitrogens with two attached hydrogens (primary N) is 1. The summed E-state index contributed by atoms with van der Waals surface area (Å²) in [6.07, 6.45) is 0.0125. The molecule has 1 rings (SSSR count). The lowest BCUT2D eigenvalue weighted by molar-refractivity contribution is -0.385. The Bertz CT molecular complexity index is 938. The second-order valence-electron chi connectivity index (χ2n) is 8.84. The average Bonchev–Trinajstić information content (AvgIpc) is 2.82. The Hall–Kier alpha value is -3.26. The Kier molecular flexibility index (Phi) is 13.5. The fraction of sp³-hybridized carbons (Fsp3) is 0.609. The van der Waals surface area contributed by atoms with Gasteiger partial charge in [-0.1, -0.05) is 0 Å². The summed E-state index contributed by atoms with van der Waals surface area (Å²) in [5.74, 6) is -0.133. The van der Waals surface area contributed by atoms with Gasteiger partial charge in [0.05, 0.1) is 24.8 Å². The number of benzene rings is 1. The third kappa shape index (κ3) is 12.0. The summed E-state index contributed by atoms with van der Waals surface area (Å²) >= 11 is 1.20. The lowest BCUT2D eigenvalue weighted by Crippen LogP contribution is -2.45. The Morgan fingerprint density at radius 3 is 2.46 bits per heavy atom.